The first-order valence-corrected chi connectivity index (χ1v) is 14.8. The highest BCUT2D eigenvalue weighted by molar-refractivity contribution is 7.92. The van der Waals surface area contributed by atoms with Crippen LogP contribution in [0.3, 0.4) is 0 Å². The number of nitrogens with one attached hydrogen (secondary N) is 1. The van der Waals surface area contributed by atoms with Crippen molar-refractivity contribution in [2.45, 2.75) is 25.9 Å². The number of carbonyl (C=O) groups excluding carboxylic acids is 2. The van der Waals surface area contributed by atoms with E-state index in [-0.39, 0.29) is 24.6 Å². The quantitative estimate of drug-likeness (QED) is 0.330. The predicted octanol–water partition coefficient (Wildman–Crippen LogP) is 5.19. The summed E-state index contributed by atoms with van der Waals surface area (Å²) in [4.78, 5) is 28.6. The minimum atomic E-state index is -3.88. The van der Waals surface area contributed by atoms with E-state index in [1.807, 2.05) is 30.3 Å². The van der Waals surface area contributed by atoms with Gasteiger partial charge in [-0.15, -0.1) is 0 Å². The molecule has 7 nitrogen and oxygen atoms in total. The van der Waals surface area contributed by atoms with Crippen LogP contribution in [0.5, 0.6) is 0 Å². The summed E-state index contributed by atoms with van der Waals surface area (Å²) in [5.74, 6) is -0.961. The number of rotatable bonds is 11. The Hall–Kier alpha value is -2.78. The van der Waals surface area contributed by atoms with E-state index in [2.05, 4.69) is 5.32 Å². The Kier molecular flexibility index (Phi) is 10.4. The molecule has 0 fully saturated rings. The second-order valence-electron chi connectivity index (χ2n) is 8.61. The molecule has 1 atom stereocenters. The maximum atomic E-state index is 13.9. The SMILES string of the molecule is CCNC(=O)[C@H](Cc1ccccc1)N(Cc1ccc(Cl)cc1Cl)C(=O)CN(c1cccc(Cl)c1)S(C)(=O)=O. The number of nitrogens with zero attached hydrogens (tertiary/aromatic N) is 2. The minimum absolute atomic E-state index is 0.0450. The number of anilines is 1. The Bertz CT molecular complexity index is 1390. The molecule has 0 aromatic heterocycles. The molecule has 0 unspecified atom stereocenters. The Morgan fingerprint density at radius 3 is 2.21 bits per heavy atom. The Morgan fingerprint density at radius 2 is 1.61 bits per heavy atom. The number of hydrogen-bond donors (Lipinski definition) is 1. The van der Waals surface area contributed by atoms with E-state index in [9.17, 15) is 18.0 Å². The molecule has 3 aromatic rings. The van der Waals surface area contributed by atoms with Gasteiger partial charge in [0.25, 0.3) is 0 Å². The van der Waals surface area contributed by atoms with E-state index in [0.29, 0.717) is 27.2 Å². The van der Waals surface area contributed by atoms with Crippen LogP contribution in [-0.4, -0.2) is 50.5 Å². The summed E-state index contributed by atoms with van der Waals surface area (Å²) >= 11 is 18.6. The van der Waals surface area contributed by atoms with Gasteiger partial charge in [0.1, 0.15) is 12.6 Å². The van der Waals surface area contributed by atoms with Gasteiger partial charge in [-0.2, -0.15) is 0 Å². The van der Waals surface area contributed by atoms with Gasteiger partial charge >= 0.3 is 0 Å². The van der Waals surface area contributed by atoms with E-state index in [1.165, 1.54) is 11.0 Å². The van der Waals surface area contributed by atoms with Crippen LogP contribution in [0.2, 0.25) is 15.1 Å². The number of sulfonamides is 1. The lowest BCUT2D eigenvalue weighted by molar-refractivity contribution is -0.140. The summed E-state index contributed by atoms with van der Waals surface area (Å²) in [6.07, 6.45) is 1.21. The lowest BCUT2D eigenvalue weighted by Crippen LogP contribution is -2.53. The third kappa shape index (κ3) is 8.11. The molecule has 11 heteroatoms. The lowest BCUT2D eigenvalue weighted by Gasteiger charge is -2.33. The summed E-state index contributed by atoms with van der Waals surface area (Å²) in [5, 5.41) is 3.86. The summed E-state index contributed by atoms with van der Waals surface area (Å²) in [5.41, 5.74) is 1.62. The van der Waals surface area contributed by atoms with E-state index in [0.717, 1.165) is 16.1 Å². The topological polar surface area (TPSA) is 86.8 Å². The molecule has 0 bridgehead atoms. The number of amides is 2. The maximum Gasteiger partial charge on any atom is 0.244 e. The molecule has 0 spiro atoms. The van der Waals surface area contributed by atoms with Gasteiger partial charge in [-0.25, -0.2) is 8.42 Å². The zero-order valence-corrected chi connectivity index (χ0v) is 24.0. The molecule has 2 amide bonds. The van der Waals surface area contributed by atoms with Gasteiger partial charge in [0.15, 0.2) is 0 Å². The van der Waals surface area contributed by atoms with Gasteiger partial charge in [0.2, 0.25) is 21.8 Å². The molecule has 0 radical (unpaired) electrons. The van der Waals surface area contributed by atoms with Crippen LogP contribution in [0, 0.1) is 0 Å². The van der Waals surface area contributed by atoms with Crippen LogP contribution in [-0.2, 0) is 32.6 Å². The molecule has 0 aliphatic carbocycles. The smallest absolute Gasteiger partial charge is 0.244 e. The predicted molar refractivity (Wildman–Crippen MR) is 153 cm³/mol. The number of benzene rings is 3. The van der Waals surface area contributed by atoms with Gasteiger partial charge in [-0.05, 0) is 48.4 Å². The lowest BCUT2D eigenvalue weighted by atomic mass is 10.0. The van der Waals surface area contributed by atoms with E-state index < -0.39 is 28.5 Å². The van der Waals surface area contributed by atoms with Gasteiger partial charge < -0.3 is 10.2 Å². The third-order valence-electron chi connectivity index (χ3n) is 5.75. The van der Waals surface area contributed by atoms with E-state index in [4.69, 9.17) is 34.8 Å². The minimum Gasteiger partial charge on any atom is -0.355 e. The molecule has 3 rings (SSSR count). The second-order valence-corrected chi connectivity index (χ2v) is 11.8. The number of hydrogen-bond acceptors (Lipinski definition) is 4. The third-order valence-corrected chi connectivity index (χ3v) is 7.72. The van der Waals surface area contributed by atoms with E-state index >= 15 is 0 Å². The Morgan fingerprint density at radius 1 is 0.921 bits per heavy atom. The molecule has 0 saturated carbocycles. The van der Waals surface area contributed by atoms with Crippen molar-refractivity contribution in [2.24, 2.45) is 0 Å². The van der Waals surface area contributed by atoms with Crippen LogP contribution in [0.25, 0.3) is 0 Å². The van der Waals surface area contributed by atoms with Gasteiger partial charge in [-0.1, -0.05) is 77.3 Å². The van der Waals surface area contributed by atoms with Crippen molar-refractivity contribution in [3.63, 3.8) is 0 Å². The van der Waals surface area contributed by atoms with Crippen molar-refractivity contribution in [3.8, 4) is 0 Å². The summed E-state index contributed by atoms with van der Waals surface area (Å²) in [6, 6.07) is 19.4. The van der Waals surface area contributed by atoms with Crippen LogP contribution in [0.4, 0.5) is 5.69 Å². The highest BCUT2D eigenvalue weighted by Crippen LogP contribution is 2.26. The standard InChI is InChI=1S/C27H28Cl3N3O4S/c1-3-31-27(35)25(14-19-8-5-4-6-9-19)32(17-20-12-13-22(29)16-24(20)30)26(34)18-33(38(2,36)37)23-11-7-10-21(28)15-23/h4-13,15-16,25H,3,14,17-18H2,1-2H3,(H,31,35)/t25-/m0/s1. The normalized spacial score (nSPS) is 12.0. The number of halogens is 3. The molecule has 202 valence electrons. The molecule has 0 heterocycles. The summed E-state index contributed by atoms with van der Waals surface area (Å²) in [7, 11) is -3.88. The van der Waals surface area contributed by atoms with Crippen LogP contribution < -0.4 is 9.62 Å². The van der Waals surface area contributed by atoms with Crippen molar-refractivity contribution in [3.05, 3.63) is 99.0 Å². The van der Waals surface area contributed by atoms with Crippen LogP contribution in [0.15, 0.2) is 72.8 Å². The fourth-order valence-corrected chi connectivity index (χ4v) is 5.42. The molecular formula is C27H28Cl3N3O4S. The van der Waals surface area contributed by atoms with Gasteiger partial charge in [-0.3, -0.25) is 13.9 Å². The molecule has 0 saturated heterocycles. The molecule has 1 N–H and O–H groups in total. The molecule has 3 aromatic carbocycles. The first-order chi connectivity index (χ1) is 18.0. The van der Waals surface area contributed by atoms with Crippen molar-refractivity contribution < 1.29 is 18.0 Å². The highest BCUT2D eigenvalue weighted by atomic mass is 35.5. The average molecular weight is 597 g/mol. The van der Waals surface area contributed by atoms with Gasteiger partial charge in [0, 0.05) is 34.6 Å². The molecule has 38 heavy (non-hydrogen) atoms. The first-order valence-electron chi connectivity index (χ1n) is 11.8. The van der Waals surface area contributed by atoms with Crippen LogP contribution >= 0.6 is 34.8 Å². The van der Waals surface area contributed by atoms with Crippen molar-refractivity contribution in [2.75, 3.05) is 23.7 Å². The fourth-order valence-electron chi connectivity index (χ4n) is 3.92. The monoisotopic (exact) mass is 595 g/mol. The maximum absolute atomic E-state index is 13.9. The molecule has 0 aliphatic heterocycles. The number of likely N-dealkylation sites (N-methyl/N-ethyl adjacent to an activating group) is 1. The fraction of sp³-hybridized carbons (Fsp3) is 0.259. The second kappa shape index (κ2) is 13.3. The number of carbonyl (C=O) groups is 2. The first kappa shape index (κ1) is 29.8. The zero-order chi connectivity index (χ0) is 27.9. The molecule has 0 aliphatic rings. The zero-order valence-electron chi connectivity index (χ0n) is 20.9. The van der Waals surface area contributed by atoms with Crippen molar-refractivity contribution in [1.29, 1.82) is 0 Å². The highest BCUT2D eigenvalue weighted by Gasteiger charge is 2.33. The van der Waals surface area contributed by atoms with Gasteiger partial charge in [0.05, 0.1) is 11.9 Å². The van der Waals surface area contributed by atoms with Crippen molar-refractivity contribution in [1.82, 2.24) is 10.2 Å². The largest absolute Gasteiger partial charge is 0.355 e. The Balaban J connectivity index is 2.07. The van der Waals surface area contributed by atoms with Crippen LogP contribution in [0.1, 0.15) is 18.1 Å². The van der Waals surface area contributed by atoms with Crippen molar-refractivity contribution >= 4 is 62.3 Å². The van der Waals surface area contributed by atoms with E-state index in [1.54, 1.807) is 43.3 Å². The summed E-state index contributed by atoms with van der Waals surface area (Å²) < 4.78 is 26.5. The molecular weight excluding hydrogens is 569 g/mol. The Labute approximate surface area is 238 Å². The summed E-state index contributed by atoms with van der Waals surface area (Å²) in [6.45, 7) is 1.54. The average Bonchev–Trinajstić information content (AvgIpc) is 2.85.